The molecule has 1 aromatic carbocycles. The minimum absolute atomic E-state index is 0.134. The van der Waals surface area contributed by atoms with Crippen molar-refractivity contribution in [1.82, 2.24) is 5.32 Å². The van der Waals surface area contributed by atoms with Gasteiger partial charge in [-0.15, -0.1) is 0 Å². The number of methoxy groups -OCH3 is 1. The molecule has 1 N–H and O–H groups in total. The molecular weight excluding hydrogens is 278 g/mol. The van der Waals surface area contributed by atoms with Gasteiger partial charge in [0.25, 0.3) is 0 Å². The Bertz CT molecular complexity index is 460. The lowest BCUT2D eigenvalue weighted by Gasteiger charge is -2.23. The molecule has 1 rings (SSSR count). The Hall–Kier alpha value is -1.71. The maximum atomic E-state index is 12.0. The highest BCUT2D eigenvalue weighted by molar-refractivity contribution is 5.27. The summed E-state index contributed by atoms with van der Waals surface area (Å²) in [5, 5.41) is 12.4. The van der Waals surface area contributed by atoms with E-state index in [0.717, 1.165) is 5.56 Å². The van der Waals surface area contributed by atoms with Crippen molar-refractivity contribution in [2.45, 2.75) is 31.9 Å². The predicted octanol–water partition coefficient (Wildman–Crippen LogP) is 2.74. The summed E-state index contributed by atoms with van der Waals surface area (Å²) < 4.78 is 33.3. The van der Waals surface area contributed by atoms with Gasteiger partial charge in [0.15, 0.2) is 0 Å². The molecule has 0 aromatic heterocycles. The van der Waals surface area contributed by atoms with Crippen LogP contribution in [0, 0.1) is 11.3 Å². The summed E-state index contributed by atoms with van der Waals surface area (Å²) >= 11 is 0. The van der Waals surface area contributed by atoms with Crippen molar-refractivity contribution in [1.29, 1.82) is 5.26 Å². The number of nitrogens with one attached hydrogen (secondary N) is 1. The molecule has 6 heteroatoms. The number of halogens is 2. The molecule has 0 aliphatic heterocycles. The van der Waals surface area contributed by atoms with Crippen LogP contribution in [-0.4, -0.2) is 32.4 Å². The quantitative estimate of drug-likeness (QED) is 0.712. The Kier molecular flexibility index (Phi) is 7.06. The maximum absolute atomic E-state index is 12.0. The van der Waals surface area contributed by atoms with Gasteiger partial charge in [-0.2, -0.15) is 14.0 Å². The Labute approximate surface area is 123 Å². The lowest BCUT2D eigenvalue weighted by molar-refractivity contribution is -0.0498. The third kappa shape index (κ3) is 6.52. The van der Waals surface area contributed by atoms with Gasteiger partial charge in [-0.05, 0) is 37.5 Å². The molecule has 0 spiro atoms. The standard InChI is InChI=1S/C15H20F2N2O2/c1-15(11-18,19-9-10-20-2)8-7-12-3-5-13(6-4-12)21-14(16)17/h3-6,14,19H,7-10H2,1-2H3. The minimum atomic E-state index is -2.82. The van der Waals surface area contributed by atoms with Crippen molar-refractivity contribution in [2.24, 2.45) is 0 Å². The van der Waals surface area contributed by atoms with E-state index < -0.39 is 12.2 Å². The third-order valence-electron chi connectivity index (χ3n) is 3.13. The number of rotatable bonds is 9. The van der Waals surface area contributed by atoms with Crippen molar-refractivity contribution in [2.75, 3.05) is 20.3 Å². The number of benzene rings is 1. The van der Waals surface area contributed by atoms with Crippen LogP contribution in [-0.2, 0) is 11.2 Å². The van der Waals surface area contributed by atoms with Crippen LogP contribution >= 0.6 is 0 Å². The van der Waals surface area contributed by atoms with Gasteiger partial charge in [0, 0.05) is 13.7 Å². The fourth-order valence-electron chi connectivity index (χ4n) is 1.84. The molecule has 21 heavy (non-hydrogen) atoms. The average molecular weight is 298 g/mol. The third-order valence-corrected chi connectivity index (χ3v) is 3.13. The molecule has 0 amide bonds. The highest BCUT2D eigenvalue weighted by Gasteiger charge is 2.22. The van der Waals surface area contributed by atoms with Crippen LogP contribution in [0.1, 0.15) is 18.9 Å². The topological polar surface area (TPSA) is 54.3 Å². The van der Waals surface area contributed by atoms with E-state index in [1.807, 2.05) is 6.92 Å². The van der Waals surface area contributed by atoms with Crippen molar-refractivity contribution in [3.05, 3.63) is 29.8 Å². The van der Waals surface area contributed by atoms with E-state index in [9.17, 15) is 14.0 Å². The van der Waals surface area contributed by atoms with Crippen LogP contribution in [0.15, 0.2) is 24.3 Å². The van der Waals surface area contributed by atoms with Crippen LogP contribution < -0.4 is 10.1 Å². The van der Waals surface area contributed by atoms with Crippen LogP contribution in [0.3, 0.4) is 0 Å². The summed E-state index contributed by atoms with van der Waals surface area (Å²) in [4.78, 5) is 0. The number of hydrogen-bond acceptors (Lipinski definition) is 4. The highest BCUT2D eigenvalue weighted by Crippen LogP contribution is 2.18. The predicted molar refractivity (Wildman–Crippen MR) is 75.3 cm³/mol. The molecular formula is C15H20F2N2O2. The molecule has 4 nitrogen and oxygen atoms in total. The summed E-state index contributed by atoms with van der Waals surface area (Å²) in [6.07, 6.45) is 1.28. The summed E-state index contributed by atoms with van der Waals surface area (Å²) in [6, 6.07) is 8.72. The highest BCUT2D eigenvalue weighted by atomic mass is 19.3. The van der Waals surface area contributed by atoms with Crippen molar-refractivity contribution in [3.63, 3.8) is 0 Å². The van der Waals surface area contributed by atoms with Gasteiger partial charge in [0.1, 0.15) is 11.3 Å². The normalized spacial score (nSPS) is 13.7. The molecule has 0 radical (unpaired) electrons. The first-order valence-corrected chi connectivity index (χ1v) is 6.68. The fourth-order valence-corrected chi connectivity index (χ4v) is 1.84. The van der Waals surface area contributed by atoms with Gasteiger partial charge in [0.2, 0.25) is 0 Å². The van der Waals surface area contributed by atoms with Crippen molar-refractivity contribution in [3.8, 4) is 11.8 Å². The zero-order valence-electron chi connectivity index (χ0n) is 12.2. The molecule has 0 fully saturated rings. The van der Waals surface area contributed by atoms with E-state index >= 15 is 0 Å². The first-order chi connectivity index (χ1) is 9.99. The summed E-state index contributed by atoms with van der Waals surface area (Å²) in [6.45, 7) is 0.151. The van der Waals surface area contributed by atoms with Crippen molar-refractivity contribution < 1.29 is 18.3 Å². The minimum Gasteiger partial charge on any atom is -0.435 e. The van der Waals surface area contributed by atoms with E-state index in [0.29, 0.717) is 26.0 Å². The van der Waals surface area contributed by atoms with E-state index in [1.165, 1.54) is 12.1 Å². The number of alkyl halides is 2. The molecule has 1 atom stereocenters. The fraction of sp³-hybridized carbons (Fsp3) is 0.533. The Morgan fingerprint density at radius 1 is 1.33 bits per heavy atom. The smallest absolute Gasteiger partial charge is 0.387 e. The number of nitrogens with zero attached hydrogens (tertiary/aromatic N) is 1. The van der Waals surface area contributed by atoms with Crippen LogP contribution in [0.2, 0.25) is 0 Å². The number of aryl methyl sites for hydroxylation is 1. The number of nitriles is 1. The van der Waals surface area contributed by atoms with Gasteiger partial charge >= 0.3 is 6.61 Å². The van der Waals surface area contributed by atoms with E-state index in [1.54, 1.807) is 19.2 Å². The molecule has 0 aliphatic carbocycles. The Morgan fingerprint density at radius 2 is 2.00 bits per heavy atom. The van der Waals surface area contributed by atoms with Gasteiger partial charge in [-0.25, -0.2) is 0 Å². The maximum Gasteiger partial charge on any atom is 0.387 e. The lowest BCUT2D eigenvalue weighted by Crippen LogP contribution is -2.43. The van der Waals surface area contributed by atoms with Gasteiger partial charge < -0.3 is 9.47 Å². The van der Waals surface area contributed by atoms with Gasteiger partial charge in [-0.1, -0.05) is 12.1 Å². The van der Waals surface area contributed by atoms with Gasteiger partial charge in [-0.3, -0.25) is 5.32 Å². The second kappa shape index (κ2) is 8.55. The van der Waals surface area contributed by atoms with Gasteiger partial charge in [0.05, 0.1) is 12.7 Å². The van der Waals surface area contributed by atoms with E-state index in [-0.39, 0.29) is 5.75 Å². The van der Waals surface area contributed by atoms with E-state index in [4.69, 9.17) is 4.74 Å². The summed E-state index contributed by atoms with van der Waals surface area (Å²) in [5.41, 5.74) is 0.322. The van der Waals surface area contributed by atoms with Crippen molar-refractivity contribution >= 4 is 0 Å². The molecule has 0 aliphatic rings. The first kappa shape index (κ1) is 17.3. The lowest BCUT2D eigenvalue weighted by atomic mass is 9.94. The number of hydrogen-bond donors (Lipinski definition) is 1. The zero-order chi connectivity index (χ0) is 15.7. The second-order valence-corrected chi connectivity index (χ2v) is 4.89. The summed E-state index contributed by atoms with van der Waals surface area (Å²) in [5.74, 6) is 0.134. The Morgan fingerprint density at radius 3 is 2.52 bits per heavy atom. The van der Waals surface area contributed by atoms with Crippen LogP contribution in [0.5, 0.6) is 5.75 Å². The largest absolute Gasteiger partial charge is 0.435 e. The monoisotopic (exact) mass is 298 g/mol. The van der Waals surface area contributed by atoms with Crippen LogP contribution in [0.4, 0.5) is 8.78 Å². The second-order valence-electron chi connectivity index (χ2n) is 4.89. The molecule has 0 bridgehead atoms. The molecule has 1 aromatic rings. The molecule has 0 heterocycles. The average Bonchev–Trinajstić information content (AvgIpc) is 2.46. The molecule has 0 saturated carbocycles. The first-order valence-electron chi connectivity index (χ1n) is 6.68. The molecule has 0 saturated heterocycles. The summed E-state index contributed by atoms with van der Waals surface area (Å²) in [7, 11) is 1.61. The SMILES string of the molecule is COCCNC(C)(C#N)CCc1ccc(OC(F)F)cc1. The molecule has 116 valence electrons. The Balaban J connectivity index is 2.51. The van der Waals surface area contributed by atoms with Crippen LogP contribution in [0.25, 0.3) is 0 Å². The molecule has 1 unspecified atom stereocenters. The van der Waals surface area contributed by atoms with E-state index in [2.05, 4.69) is 16.1 Å². The zero-order valence-corrected chi connectivity index (χ0v) is 12.2. The number of ether oxygens (including phenoxy) is 2.